The quantitative estimate of drug-likeness (QED) is 0.845. The highest BCUT2D eigenvalue weighted by molar-refractivity contribution is 5.89. The van der Waals surface area contributed by atoms with E-state index in [1.54, 1.807) is 11.2 Å². The summed E-state index contributed by atoms with van der Waals surface area (Å²) in [6, 6.07) is 7.41. The van der Waals surface area contributed by atoms with Crippen LogP contribution in [0.25, 0.3) is 0 Å². The molecular weight excluding hydrogens is 256 g/mol. The van der Waals surface area contributed by atoms with Crippen molar-refractivity contribution in [1.82, 2.24) is 19.7 Å². The molecule has 0 fully saturated rings. The van der Waals surface area contributed by atoms with Crippen LogP contribution in [0.5, 0.6) is 0 Å². The second kappa shape index (κ2) is 5.30. The van der Waals surface area contributed by atoms with Crippen molar-refractivity contribution in [2.75, 3.05) is 11.9 Å². The van der Waals surface area contributed by atoms with Crippen LogP contribution in [0.2, 0.25) is 0 Å². The lowest BCUT2D eigenvalue weighted by Crippen LogP contribution is -2.40. The van der Waals surface area contributed by atoms with E-state index in [2.05, 4.69) is 15.5 Å². The highest BCUT2D eigenvalue weighted by atomic mass is 16.2. The molecule has 1 aromatic carbocycles. The molecule has 2 amide bonds. The largest absolute Gasteiger partial charge is 0.326 e. The normalized spacial score (nSPS) is 13.9. The minimum absolute atomic E-state index is 0.131. The minimum Gasteiger partial charge on any atom is -0.326 e. The zero-order chi connectivity index (χ0) is 13.9. The van der Waals surface area contributed by atoms with Gasteiger partial charge in [-0.25, -0.2) is 4.79 Å². The van der Waals surface area contributed by atoms with Gasteiger partial charge in [-0.3, -0.25) is 0 Å². The first-order chi connectivity index (χ1) is 9.76. The summed E-state index contributed by atoms with van der Waals surface area (Å²) in [7, 11) is 0. The van der Waals surface area contributed by atoms with E-state index in [1.165, 1.54) is 0 Å². The van der Waals surface area contributed by atoms with Crippen LogP contribution in [0, 0.1) is 0 Å². The number of hydrogen-bond donors (Lipinski definition) is 2. The van der Waals surface area contributed by atoms with Gasteiger partial charge in [0.1, 0.15) is 6.33 Å². The van der Waals surface area contributed by atoms with E-state index in [9.17, 15) is 4.79 Å². The average molecular weight is 272 g/mol. The molecule has 1 aliphatic heterocycles. The molecule has 1 aliphatic rings. The Labute approximate surface area is 116 Å². The smallest absolute Gasteiger partial charge is 0.322 e. The van der Waals surface area contributed by atoms with Crippen LogP contribution in [0.15, 0.2) is 30.6 Å². The number of hydrogen-bond acceptors (Lipinski definition) is 4. The van der Waals surface area contributed by atoms with Gasteiger partial charge in [-0.2, -0.15) is 0 Å². The second-order valence-corrected chi connectivity index (χ2v) is 4.70. The number of carbonyl (C=O) groups is 1. The van der Waals surface area contributed by atoms with Crippen LogP contribution in [0.4, 0.5) is 10.5 Å². The molecule has 0 unspecified atom stereocenters. The van der Waals surface area contributed by atoms with Crippen molar-refractivity contribution in [3.8, 4) is 0 Å². The molecule has 0 atom stereocenters. The highest BCUT2D eigenvalue weighted by Gasteiger charge is 2.21. The fourth-order valence-electron chi connectivity index (χ4n) is 2.22. The fraction of sp³-hybridized carbons (Fsp3) is 0.308. The monoisotopic (exact) mass is 272 g/mol. The third-order valence-electron chi connectivity index (χ3n) is 3.34. The SMILES string of the molecule is NCc1cccc(NC(=O)N2CCn3cnnc3C2)c1. The lowest BCUT2D eigenvalue weighted by atomic mass is 10.2. The Morgan fingerprint density at radius 1 is 1.40 bits per heavy atom. The molecule has 0 bridgehead atoms. The summed E-state index contributed by atoms with van der Waals surface area (Å²) in [4.78, 5) is 13.9. The second-order valence-electron chi connectivity index (χ2n) is 4.70. The molecule has 0 spiro atoms. The van der Waals surface area contributed by atoms with E-state index in [0.29, 0.717) is 19.6 Å². The van der Waals surface area contributed by atoms with Crippen molar-refractivity contribution in [3.63, 3.8) is 0 Å². The van der Waals surface area contributed by atoms with Gasteiger partial charge in [0.05, 0.1) is 6.54 Å². The molecule has 104 valence electrons. The number of nitrogens with zero attached hydrogens (tertiary/aromatic N) is 4. The Kier molecular flexibility index (Phi) is 3.34. The molecule has 2 heterocycles. The molecule has 0 radical (unpaired) electrons. The lowest BCUT2D eigenvalue weighted by Gasteiger charge is -2.27. The predicted octanol–water partition coefficient (Wildman–Crippen LogP) is 0.784. The van der Waals surface area contributed by atoms with Crippen LogP contribution in [0.3, 0.4) is 0 Å². The number of fused-ring (bicyclic) bond motifs is 1. The molecule has 7 nitrogen and oxygen atoms in total. The number of aromatic nitrogens is 3. The molecule has 7 heteroatoms. The van der Waals surface area contributed by atoms with Crippen LogP contribution < -0.4 is 11.1 Å². The molecule has 0 saturated heterocycles. The predicted molar refractivity (Wildman–Crippen MR) is 73.8 cm³/mol. The topological polar surface area (TPSA) is 89.1 Å². The average Bonchev–Trinajstić information content (AvgIpc) is 2.94. The van der Waals surface area contributed by atoms with Gasteiger partial charge < -0.3 is 20.5 Å². The van der Waals surface area contributed by atoms with E-state index in [4.69, 9.17) is 5.73 Å². The summed E-state index contributed by atoms with van der Waals surface area (Å²) in [5, 5.41) is 10.7. The third kappa shape index (κ3) is 2.48. The molecule has 3 rings (SSSR count). The fourth-order valence-corrected chi connectivity index (χ4v) is 2.22. The van der Waals surface area contributed by atoms with Crippen molar-refractivity contribution in [2.24, 2.45) is 5.73 Å². The zero-order valence-corrected chi connectivity index (χ0v) is 11.0. The molecule has 1 aromatic heterocycles. The van der Waals surface area contributed by atoms with Gasteiger partial charge in [0.2, 0.25) is 0 Å². The first-order valence-corrected chi connectivity index (χ1v) is 6.48. The van der Waals surface area contributed by atoms with Crippen molar-refractivity contribution < 1.29 is 4.79 Å². The Hall–Kier alpha value is -2.41. The van der Waals surface area contributed by atoms with Crippen LogP contribution in [-0.4, -0.2) is 32.2 Å². The molecule has 3 N–H and O–H groups in total. The molecular formula is C13H16N6O. The Morgan fingerprint density at radius 3 is 3.15 bits per heavy atom. The summed E-state index contributed by atoms with van der Waals surface area (Å²) in [5.74, 6) is 0.808. The van der Waals surface area contributed by atoms with Crippen molar-refractivity contribution >= 4 is 11.7 Å². The van der Waals surface area contributed by atoms with Gasteiger partial charge in [-0.15, -0.1) is 10.2 Å². The maximum absolute atomic E-state index is 12.2. The molecule has 20 heavy (non-hydrogen) atoms. The number of nitrogens with one attached hydrogen (secondary N) is 1. The number of amides is 2. The summed E-state index contributed by atoms with van der Waals surface area (Å²) >= 11 is 0. The number of carbonyl (C=O) groups excluding carboxylic acids is 1. The summed E-state index contributed by atoms with van der Waals surface area (Å²) in [6.45, 7) is 2.30. The van der Waals surface area contributed by atoms with E-state index in [1.807, 2.05) is 28.8 Å². The first kappa shape index (κ1) is 12.6. The number of urea groups is 1. The summed E-state index contributed by atoms with van der Waals surface area (Å²) in [5.41, 5.74) is 7.33. The van der Waals surface area contributed by atoms with Crippen molar-refractivity contribution in [3.05, 3.63) is 42.0 Å². The zero-order valence-electron chi connectivity index (χ0n) is 11.0. The third-order valence-corrected chi connectivity index (χ3v) is 3.34. The van der Waals surface area contributed by atoms with Crippen molar-refractivity contribution in [1.29, 1.82) is 0 Å². The van der Waals surface area contributed by atoms with E-state index < -0.39 is 0 Å². The standard InChI is InChI=1S/C13H16N6O/c14-7-10-2-1-3-11(6-10)16-13(20)18-4-5-19-9-15-17-12(19)8-18/h1-3,6,9H,4-5,7-8,14H2,(H,16,20). The van der Waals surface area contributed by atoms with Gasteiger partial charge in [0.25, 0.3) is 0 Å². The van der Waals surface area contributed by atoms with Gasteiger partial charge in [0.15, 0.2) is 5.82 Å². The van der Waals surface area contributed by atoms with E-state index in [-0.39, 0.29) is 6.03 Å². The molecule has 2 aromatic rings. The molecule has 0 saturated carbocycles. The summed E-state index contributed by atoms with van der Waals surface area (Å²) < 4.78 is 1.96. The van der Waals surface area contributed by atoms with E-state index in [0.717, 1.165) is 23.6 Å². The van der Waals surface area contributed by atoms with Gasteiger partial charge in [-0.1, -0.05) is 12.1 Å². The highest BCUT2D eigenvalue weighted by Crippen LogP contribution is 2.14. The van der Waals surface area contributed by atoms with Gasteiger partial charge in [-0.05, 0) is 17.7 Å². The van der Waals surface area contributed by atoms with Crippen LogP contribution in [-0.2, 0) is 19.6 Å². The number of rotatable bonds is 2. The van der Waals surface area contributed by atoms with Gasteiger partial charge in [0, 0.05) is 25.3 Å². The van der Waals surface area contributed by atoms with Crippen LogP contribution >= 0.6 is 0 Å². The maximum Gasteiger partial charge on any atom is 0.322 e. The maximum atomic E-state index is 12.2. The first-order valence-electron chi connectivity index (χ1n) is 6.48. The lowest BCUT2D eigenvalue weighted by molar-refractivity contribution is 0.195. The minimum atomic E-state index is -0.131. The number of nitrogens with two attached hydrogens (primary N) is 1. The molecule has 0 aliphatic carbocycles. The van der Waals surface area contributed by atoms with E-state index >= 15 is 0 Å². The number of anilines is 1. The Morgan fingerprint density at radius 2 is 2.30 bits per heavy atom. The Bertz CT molecular complexity index is 623. The van der Waals surface area contributed by atoms with Crippen LogP contribution in [0.1, 0.15) is 11.4 Å². The number of benzene rings is 1. The van der Waals surface area contributed by atoms with Crippen molar-refractivity contribution in [2.45, 2.75) is 19.6 Å². The summed E-state index contributed by atoms with van der Waals surface area (Å²) in [6.07, 6.45) is 1.69. The Balaban J connectivity index is 1.68. The van der Waals surface area contributed by atoms with Gasteiger partial charge >= 0.3 is 6.03 Å².